The molecule has 108 valence electrons. The van der Waals surface area contributed by atoms with Crippen LogP contribution in [-0.2, 0) is 6.42 Å². The molecule has 2 N–H and O–H groups in total. The molecule has 2 heterocycles. The maximum Gasteiger partial charge on any atom is 0.252 e. The average molecular weight is 301 g/mol. The molecule has 0 aliphatic carbocycles. The number of carbonyl (C=O) groups is 1. The predicted molar refractivity (Wildman–Crippen MR) is 81.1 cm³/mol. The number of aryl methyl sites for hydroxylation is 1. The van der Waals surface area contributed by atoms with Crippen molar-refractivity contribution in [1.29, 1.82) is 0 Å². The highest BCUT2D eigenvalue weighted by Gasteiger charge is 2.06. The molecule has 0 aliphatic heterocycles. The Bertz CT molecular complexity index is 685. The SMILES string of the molecule is Cc1nc(CCNC(=O)c2cncc(C#CCO)c2)cs1. The zero-order valence-corrected chi connectivity index (χ0v) is 12.4. The molecule has 0 aromatic carbocycles. The molecule has 2 rings (SSSR count). The van der Waals surface area contributed by atoms with Gasteiger partial charge < -0.3 is 10.4 Å². The summed E-state index contributed by atoms with van der Waals surface area (Å²) in [4.78, 5) is 20.3. The molecule has 0 aliphatic rings. The fourth-order valence-electron chi connectivity index (χ4n) is 1.70. The Morgan fingerprint density at radius 1 is 1.48 bits per heavy atom. The molecule has 21 heavy (non-hydrogen) atoms. The van der Waals surface area contributed by atoms with Crippen molar-refractivity contribution in [3.05, 3.63) is 45.7 Å². The molecule has 0 saturated heterocycles. The number of hydrogen-bond donors (Lipinski definition) is 2. The van der Waals surface area contributed by atoms with Crippen molar-refractivity contribution < 1.29 is 9.90 Å². The van der Waals surface area contributed by atoms with Crippen molar-refractivity contribution in [1.82, 2.24) is 15.3 Å². The van der Waals surface area contributed by atoms with Gasteiger partial charge in [0.15, 0.2) is 0 Å². The summed E-state index contributed by atoms with van der Waals surface area (Å²) in [5, 5.41) is 14.5. The third kappa shape index (κ3) is 4.67. The molecule has 0 fully saturated rings. The van der Waals surface area contributed by atoms with E-state index >= 15 is 0 Å². The first-order valence-electron chi connectivity index (χ1n) is 6.43. The Kier molecular flexibility index (Phi) is 5.43. The molecule has 0 atom stereocenters. The van der Waals surface area contributed by atoms with Crippen LogP contribution in [0.15, 0.2) is 23.8 Å². The van der Waals surface area contributed by atoms with E-state index in [1.165, 1.54) is 6.20 Å². The van der Waals surface area contributed by atoms with Crippen molar-refractivity contribution in [3.8, 4) is 11.8 Å². The van der Waals surface area contributed by atoms with E-state index in [9.17, 15) is 4.79 Å². The summed E-state index contributed by atoms with van der Waals surface area (Å²) in [5.74, 6) is 5.06. The van der Waals surface area contributed by atoms with E-state index in [1.54, 1.807) is 23.6 Å². The van der Waals surface area contributed by atoms with E-state index in [0.717, 1.165) is 10.7 Å². The van der Waals surface area contributed by atoms with Crippen LogP contribution in [0.4, 0.5) is 0 Å². The number of nitrogens with zero attached hydrogens (tertiary/aromatic N) is 2. The van der Waals surface area contributed by atoms with Gasteiger partial charge in [0, 0.05) is 36.3 Å². The van der Waals surface area contributed by atoms with Crippen LogP contribution >= 0.6 is 11.3 Å². The summed E-state index contributed by atoms with van der Waals surface area (Å²) in [7, 11) is 0. The number of aromatic nitrogens is 2. The van der Waals surface area contributed by atoms with Gasteiger partial charge >= 0.3 is 0 Å². The Hall–Kier alpha value is -2.23. The van der Waals surface area contributed by atoms with Crippen LogP contribution in [-0.4, -0.2) is 34.1 Å². The quantitative estimate of drug-likeness (QED) is 0.831. The van der Waals surface area contributed by atoms with Gasteiger partial charge in [-0.3, -0.25) is 9.78 Å². The van der Waals surface area contributed by atoms with E-state index in [0.29, 0.717) is 24.1 Å². The first-order chi connectivity index (χ1) is 10.2. The summed E-state index contributed by atoms with van der Waals surface area (Å²) < 4.78 is 0. The van der Waals surface area contributed by atoms with Gasteiger partial charge in [0.2, 0.25) is 0 Å². The topological polar surface area (TPSA) is 75.1 Å². The third-order valence-electron chi connectivity index (χ3n) is 2.65. The number of aliphatic hydroxyl groups is 1. The van der Waals surface area contributed by atoms with Gasteiger partial charge in [-0.25, -0.2) is 4.98 Å². The van der Waals surface area contributed by atoms with Crippen molar-refractivity contribution in [2.75, 3.05) is 13.2 Å². The standard InChI is InChI=1S/C15H15N3O2S/c1-11-18-14(10-21-11)4-5-17-15(20)13-7-12(3-2-6-19)8-16-9-13/h7-10,19H,4-6H2,1H3,(H,17,20). The Labute approximate surface area is 127 Å². The number of hydrogen-bond acceptors (Lipinski definition) is 5. The van der Waals surface area contributed by atoms with Crippen LogP contribution in [0, 0.1) is 18.8 Å². The van der Waals surface area contributed by atoms with Crippen LogP contribution in [0.2, 0.25) is 0 Å². The highest BCUT2D eigenvalue weighted by Crippen LogP contribution is 2.08. The molecular formula is C15H15N3O2S. The molecule has 1 amide bonds. The second-order valence-corrected chi connectivity index (χ2v) is 5.35. The minimum atomic E-state index is -0.219. The monoisotopic (exact) mass is 301 g/mol. The fraction of sp³-hybridized carbons (Fsp3) is 0.267. The van der Waals surface area contributed by atoms with Gasteiger partial charge in [0.25, 0.3) is 5.91 Å². The molecule has 0 saturated carbocycles. The number of pyridine rings is 1. The summed E-state index contributed by atoms with van der Waals surface area (Å²) in [5.41, 5.74) is 2.04. The van der Waals surface area contributed by atoms with E-state index in [-0.39, 0.29) is 12.5 Å². The lowest BCUT2D eigenvalue weighted by atomic mass is 10.2. The van der Waals surface area contributed by atoms with Crippen molar-refractivity contribution >= 4 is 17.2 Å². The highest BCUT2D eigenvalue weighted by molar-refractivity contribution is 7.09. The van der Waals surface area contributed by atoms with Gasteiger partial charge in [0.05, 0.1) is 16.3 Å². The van der Waals surface area contributed by atoms with E-state index in [1.807, 2.05) is 12.3 Å². The Balaban J connectivity index is 1.91. The van der Waals surface area contributed by atoms with Crippen molar-refractivity contribution in [2.24, 2.45) is 0 Å². The van der Waals surface area contributed by atoms with E-state index in [4.69, 9.17) is 5.11 Å². The van der Waals surface area contributed by atoms with Gasteiger partial charge in [-0.05, 0) is 13.0 Å². The average Bonchev–Trinajstić information content (AvgIpc) is 2.91. The minimum Gasteiger partial charge on any atom is -0.384 e. The number of thiazole rings is 1. The zero-order valence-electron chi connectivity index (χ0n) is 11.6. The summed E-state index contributed by atoms with van der Waals surface area (Å²) in [6.45, 7) is 2.26. The lowest BCUT2D eigenvalue weighted by Crippen LogP contribution is -2.26. The van der Waals surface area contributed by atoms with Crippen molar-refractivity contribution in [2.45, 2.75) is 13.3 Å². The molecule has 0 radical (unpaired) electrons. The Morgan fingerprint density at radius 3 is 3.05 bits per heavy atom. The lowest BCUT2D eigenvalue weighted by Gasteiger charge is -2.04. The number of aliphatic hydroxyl groups excluding tert-OH is 1. The summed E-state index contributed by atoms with van der Waals surface area (Å²) >= 11 is 1.60. The largest absolute Gasteiger partial charge is 0.384 e. The zero-order chi connectivity index (χ0) is 15.1. The van der Waals surface area contributed by atoms with Crippen LogP contribution < -0.4 is 5.32 Å². The minimum absolute atomic E-state index is 0.192. The summed E-state index contributed by atoms with van der Waals surface area (Å²) in [6, 6.07) is 1.65. The molecule has 0 bridgehead atoms. The number of rotatable bonds is 4. The number of nitrogens with one attached hydrogen (secondary N) is 1. The normalized spacial score (nSPS) is 9.81. The number of carbonyl (C=O) groups excluding carboxylic acids is 1. The highest BCUT2D eigenvalue weighted by atomic mass is 32.1. The van der Waals surface area contributed by atoms with Crippen LogP contribution in [0.5, 0.6) is 0 Å². The molecule has 0 unspecified atom stereocenters. The second kappa shape index (κ2) is 7.53. The fourth-order valence-corrected chi connectivity index (χ4v) is 2.35. The lowest BCUT2D eigenvalue weighted by molar-refractivity contribution is 0.0953. The summed E-state index contributed by atoms with van der Waals surface area (Å²) in [6.07, 6.45) is 3.75. The van der Waals surface area contributed by atoms with Crippen LogP contribution in [0.25, 0.3) is 0 Å². The molecule has 2 aromatic rings. The van der Waals surface area contributed by atoms with Crippen LogP contribution in [0.1, 0.15) is 26.6 Å². The Morgan fingerprint density at radius 2 is 2.33 bits per heavy atom. The van der Waals surface area contributed by atoms with Gasteiger partial charge in [0.1, 0.15) is 6.61 Å². The van der Waals surface area contributed by atoms with E-state index < -0.39 is 0 Å². The third-order valence-corrected chi connectivity index (χ3v) is 3.47. The first kappa shape index (κ1) is 15.2. The van der Waals surface area contributed by atoms with Crippen LogP contribution in [0.3, 0.4) is 0 Å². The van der Waals surface area contributed by atoms with Gasteiger partial charge in [-0.15, -0.1) is 11.3 Å². The predicted octanol–water partition coefficient (Wildman–Crippen LogP) is 1.16. The molecule has 2 aromatic heterocycles. The first-order valence-corrected chi connectivity index (χ1v) is 7.31. The molecule has 5 nitrogen and oxygen atoms in total. The van der Waals surface area contributed by atoms with Crippen molar-refractivity contribution in [3.63, 3.8) is 0 Å². The smallest absolute Gasteiger partial charge is 0.252 e. The van der Waals surface area contributed by atoms with Gasteiger partial charge in [-0.2, -0.15) is 0 Å². The molecule has 6 heteroatoms. The second-order valence-electron chi connectivity index (χ2n) is 4.29. The van der Waals surface area contributed by atoms with Gasteiger partial charge in [-0.1, -0.05) is 11.8 Å². The van der Waals surface area contributed by atoms with E-state index in [2.05, 4.69) is 27.1 Å². The maximum absolute atomic E-state index is 12.0. The molecule has 0 spiro atoms. The number of amides is 1. The molecular weight excluding hydrogens is 286 g/mol. The maximum atomic E-state index is 12.0.